The fourth-order valence-electron chi connectivity index (χ4n) is 4.83. The molecule has 2 aromatic carbocycles. The van der Waals surface area contributed by atoms with Crippen molar-refractivity contribution in [1.82, 2.24) is 0 Å². The van der Waals surface area contributed by atoms with Gasteiger partial charge >= 0.3 is 5.97 Å². The number of carbonyl (C=O) groups excluding carboxylic acids is 1. The van der Waals surface area contributed by atoms with Crippen molar-refractivity contribution in [2.45, 2.75) is 51.0 Å². The van der Waals surface area contributed by atoms with Crippen LogP contribution < -0.4 is 5.73 Å². The molecule has 0 aromatic heterocycles. The van der Waals surface area contributed by atoms with Gasteiger partial charge in [0.2, 0.25) is 0 Å². The summed E-state index contributed by atoms with van der Waals surface area (Å²) in [7, 11) is 0. The summed E-state index contributed by atoms with van der Waals surface area (Å²) in [5, 5.41) is 0. The second kappa shape index (κ2) is 7.85. The van der Waals surface area contributed by atoms with Gasteiger partial charge in [-0.05, 0) is 47.4 Å². The van der Waals surface area contributed by atoms with Gasteiger partial charge in [0.15, 0.2) is 0 Å². The zero-order valence-corrected chi connectivity index (χ0v) is 16.1. The first-order chi connectivity index (χ1) is 13.1. The molecule has 0 bridgehead atoms. The zero-order chi connectivity index (χ0) is 18.8. The standard InChI is InChI=1S/C24H29NO2/c1-16(14-23(25)17-8-2-3-9-17)24(26)27-15-22-20-12-6-4-10-18(20)19-11-5-7-13-21(19)22/h4-7,10-13,16-17,22-23H,2-3,8-9,14-15,25H2,1H3. The first-order valence-corrected chi connectivity index (χ1v) is 10.3. The second-order valence-electron chi connectivity index (χ2n) is 8.20. The first-order valence-electron chi connectivity index (χ1n) is 10.3. The summed E-state index contributed by atoms with van der Waals surface area (Å²) < 4.78 is 5.77. The number of carbonyl (C=O) groups is 1. The highest BCUT2D eigenvalue weighted by atomic mass is 16.5. The monoisotopic (exact) mass is 363 g/mol. The Morgan fingerprint density at radius 1 is 1.04 bits per heavy atom. The van der Waals surface area contributed by atoms with Crippen molar-refractivity contribution in [3.63, 3.8) is 0 Å². The van der Waals surface area contributed by atoms with Crippen LogP contribution >= 0.6 is 0 Å². The lowest BCUT2D eigenvalue weighted by Crippen LogP contribution is -2.33. The first kappa shape index (κ1) is 18.2. The number of rotatable bonds is 6. The molecule has 1 fully saturated rings. The molecule has 0 spiro atoms. The fourth-order valence-corrected chi connectivity index (χ4v) is 4.83. The van der Waals surface area contributed by atoms with Crippen LogP contribution in [0.4, 0.5) is 0 Å². The van der Waals surface area contributed by atoms with Crippen LogP contribution in [0.25, 0.3) is 11.1 Å². The average molecular weight is 364 g/mol. The molecule has 2 atom stereocenters. The van der Waals surface area contributed by atoms with Crippen LogP contribution in [0.5, 0.6) is 0 Å². The quantitative estimate of drug-likeness (QED) is 0.744. The Hall–Kier alpha value is -2.13. The molecule has 3 heteroatoms. The van der Waals surface area contributed by atoms with Crippen LogP contribution in [0, 0.1) is 11.8 Å². The van der Waals surface area contributed by atoms with E-state index in [0.717, 1.165) is 6.42 Å². The summed E-state index contributed by atoms with van der Waals surface area (Å²) in [5.41, 5.74) is 11.4. The van der Waals surface area contributed by atoms with E-state index in [4.69, 9.17) is 10.5 Å². The number of ether oxygens (including phenoxy) is 1. The van der Waals surface area contributed by atoms with Crippen molar-refractivity contribution in [2.75, 3.05) is 6.61 Å². The van der Waals surface area contributed by atoms with Crippen molar-refractivity contribution in [2.24, 2.45) is 17.6 Å². The Bertz CT molecular complexity index is 764. The molecule has 0 saturated heterocycles. The van der Waals surface area contributed by atoms with Gasteiger partial charge in [0.1, 0.15) is 6.61 Å². The molecule has 27 heavy (non-hydrogen) atoms. The van der Waals surface area contributed by atoms with Crippen LogP contribution in [-0.4, -0.2) is 18.6 Å². The Morgan fingerprint density at radius 2 is 1.59 bits per heavy atom. The van der Waals surface area contributed by atoms with Crippen LogP contribution in [-0.2, 0) is 9.53 Å². The van der Waals surface area contributed by atoms with Gasteiger partial charge in [-0.25, -0.2) is 0 Å². The highest BCUT2D eigenvalue weighted by molar-refractivity contribution is 5.79. The maximum atomic E-state index is 12.6. The molecule has 2 aromatic rings. The molecule has 2 unspecified atom stereocenters. The van der Waals surface area contributed by atoms with Crippen LogP contribution in [0.3, 0.4) is 0 Å². The summed E-state index contributed by atoms with van der Waals surface area (Å²) >= 11 is 0. The number of nitrogens with two attached hydrogens (primary N) is 1. The molecule has 4 rings (SSSR count). The highest BCUT2D eigenvalue weighted by Crippen LogP contribution is 2.44. The Balaban J connectivity index is 1.40. The predicted molar refractivity (Wildman–Crippen MR) is 108 cm³/mol. The molecule has 0 heterocycles. The molecule has 0 aliphatic heterocycles. The predicted octanol–water partition coefficient (Wildman–Crippen LogP) is 4.89. The molecule has 2 aliphatic rings. The lowest BCUT2D eigenvalue weighted by molar-refractivity contribution is -0.148. The third kappa shape index (κ3) is 3.66. The molecule has 2 aliphatic carbocycles. The molecule has 3 nitrogen and oxygen atoms in total. The minimum Gasteiger partial charge on any atom is -0.464 e. The number of hydrogen-bond donors (Lipinski definition) is 1. The van der Waals surface area contributed by atoms with Gasteiger partial charge in [-0.15, -0.1) is 0 Å². The largest absolute Gasteiger partial charge is 0.464 e. The van der Waals surface area contributed by atoms with E-state index in [2.05, 4.69) is 48.5 Å². The third-order valence-electron chi connectivity index (χ3n) is 6.39. The lowest BCUT2D eigenvalue weighted by Gasteiger charge is -2.22. The number of esters is 1. The van der Waals surface area contributed by atoms with E-state index in [1.807, 2.05) is 6.92 Å². The van der Waals surface area contributed by atoms with Gasteiger partial charge in [0.25, 0.3) is 0 Å². The minimum atomic E-state index is -0.146. The number of benzene rings is 2. The summed E-state index contributed by atoms with van der Waals surface area (Å²) in [6, 6.07) is 17.0. The number of fused-ring (bicyclic) bond motifs is 3. The summed E-state index contributed by atoms with van der Waals surface area (Å²) in [6.45, 7) is 2.35. The van der Waals surface area contributed by atoms with Crippen LogP contribution in [0.15, 0.2) is 48.5 Å². The molecule has 142 valence electrons. The van der Waals surface area contributed by atoms with E-state index in [1.54, 1.807) is 0 Å². The van der Waals surface area contributed by atoms with E-state index >= 15 is 0 Å². The summed E-state index contributed by atoms with van der Waals surface area (Å²) in [6.07, 6.45) is 5.69. The lowest BCUT2D eigenvalue weighted by atomic mass is 9.91. The van der Waals surface area contributed by atoms with E-state index in [9.17, 15) is 4.79 Å². The van der Waals surface area contributed by atoms with Crippen molar-refractivity contribution < 1.29 is 9.53 Å². The van der Waals surface area contributed by atoms with E-state index in [0.29, 0.717) is 12.5 Å². The topological polar surface area (TPSA) is 52.3 Å². The van der Waals surface area contributed by atoms with Gasteiger partial charge in [-0.1, -0.05) is 68.3 Å². The molecule has 0 radical (unpaired) electrons. The van der Waals surface area contributed by atoms with E-state index in [-0.39, 0.29) is 23.8 Å². The normalized spacial score (nSPS) is 18.7. The molecule has 1 saturated carbocycles. The average Bonchev–Trinajstić information content (AvgIpc) is 3.33. The Morgan fingerprint density at radius 3 is 2.19 bits per heavy atom. The molecular formula is C24H29NO2. The SMILES string of the molecule is CC(CC(N)C1CCCC1)C(=O)OCC1c2ccccc2-c2ccccc21. The smallest absolute Gasteiger partial charge is 0.308 e. The third-order valence-corrected chi connectivity index (χ3v) is 6.39. The van der Waals surface area contributed by atoms with Crippen molar-refractivity contribution in [3.05, 3.63) is 59.7 Å². The fraction of sp³-hybridized carbons (Fsp3) is 0.458. The maximum absolute atomic E-state index is 12.6. The summed E-state index contributed by atoms with van der Waals surface area (Å²) in [4.78, 5) is 12.6. The van der Waals surface area contributed by atoms with Gasteiger partial charge in [-0.3, -0.25) is 4.79 Å². The molecule has 0 amide bonds. The minimum absolute atomic E-state index is 0.114. The Kier molecular flexibility index (Phi) is 5.31. The summed E-state index contributed by atoms with van der Waals surface area (Å²) in [5.74, 6) is 0.434. The van der Waals surface area contributed by atoms with Gasteiger partial charge in [-0.2, -0.15) is 0 Å². The zero-order valence-electron chi connectivity index (χ0n) is 16.1. The van der Waals surface area contributed by atoms with Crippen LogP contribution in [0.2, 0.25) is 0 Å². The van der Waals surface area contributed by atoms with E-state index < -0.39 is 0 Å². The highest BCUT2D eigenvalue weighted by Gasteiger charge is 2.30. The second-order valence-corrected chi connectivity index (χ2v) is 8.20. The Labute approximate surface area is 161 Å². The van der Waals surface area contributed by atoms with Crippen LogP contribution in [0.1, 0.15) is 56.1 Å². The van der Waals surface area contributed by atoms with Crippen molar-refractivity contribution >= 4 is 5.97 Å². The maximum Gasteiger partial charge on any atom is 0.308 e. The van der Waals surface area contributed by atoms with Gasteiger partial charge in [0.05, 0.1) is 5.92 Å². The molecular weight excluding hydrogens is 334 g/mol. The van der Waals surface area contributed by atoms with Gasteiger partial charge < -0.3 is 10.5 Å². The van der Waals surface area contributed by atoms with E-state index in [1.165, 1.54) is 47.9 Å². The van der Waals surface area contributed by atoms with Gasteiger partial charge in [0, 0.05) is 12.0 Å². The number of hydrogen-bond acceptors (Lipinski definition) is 3. The molecule has 2 N–H and O–H groups in total. The van der Waals surface area contributed by atoms with Crippen molar-refractivity contribution in [1.29, 1.82) is 0 Å². The van der Waals surface area contributed by atoms with Crippen molar-refractivity contribution in [3.8, 4) is 11.1 Å².